The molecule has 1 heterocycles. The minimum Gasteiger partial charge on any atom is -0.507 e. The number of aromatic hydroxyl groups is 1. The van der Waals surface area contributed by atoms with Crippen molar-refractivity contribution < 1.29 is 9.90 Å². The van der Waals surface area contributed by atoms with Crippen molar-refractivity contribution in [2.24, 2.45) is 5.92 Å². The first-order chi connectivity index (χ1) is 9.08. The van der Waals surface area contributed by atoms with Crippen LogP contribution in [-0.4, -0.2) is 42.6 Å². The summed E-state index contributed by atoms with van der Waals surface area (Å²) in [5.41, 5.74) is 0.268. The van der Waals surface area contributed by atoms with Crippen LogP contribution >= 0.6 is 11.6 Å². The first-order valence-corrected chi connectivity index (χ1v) is 6.90. The second kappa shape index (κ2) is 6.26. The highest BCUT2D eigenvalue weighted by molar-refractivity contribution is 6.31. The lowest BCUT2D eigenvalue weighted by Gasteiger charge is -2.27. The van der Waals surface area contributed by atoms with Crippen molar-refractivity contribution in [1.82, 2.24) is 10.2 Å². The summed E-state index contributed by atoms with van der Waals surface area (Å²) >= 11 is 5.87. The van der Waals surface area contributed by atoms with Crippen molar-refractivity contribution in [3.05, 3.63) is 28.8 Å². The second-order valence-electron chi connectivity index (χ2n) is 5.04. The topological polar surface area (TPSA) is 52.6 Å². The quantitative estimate of drug-likeness (QED) is 0.893. The molecule has 1 aromatic carbocycles. The van der Waals surface area contributed by atoms with Gasteiger partial charge in [0.2, 0.25) is 0 Å². The molecule has 1 saturated heterocycles. The fourth-order valence-corrected chi connectivity index (χ4v) is 2.59. The summed E-state index contributed by atoms with van der Waals surface area (Å²) in [6, 6.07) is 4.53. The van der Waals surface area contributed by atoms with Crippen LogP contribution in [-0.2, 0) is 0 Å². The zero-order valence-corrected chi connectivity index (χ0v) is 11.8. The summed E-state index contributed by atoms with van der Waals surface area (Å²) in [6.45, 7) is 2.73. The van der Waals surface area contributed by atoms with Crippen LogP contribution in [0.2, 0.25) is 5.02 Å². The summed E-state index contributed by atoms with van der Waals surface area (Å²) in [5, 5.41) is 13.5. The Hall–Kier alpha value is -1.26. The molecule has 0 aromatic heterocycles. The van der Waals surface area contributed by atoms with Crippen LogP contribution in [0.3, 0.4) is 0 Å². The highest BCUT2D eigenvalue weighted by atomic mass is 35.5. The molecule has 5 heteroatoms. The van der Waals surface area contributed by atoms with E-state index in [0.717, 1.165) is 25.9 Å². The van der Waals surface area contributed by atoms with Gasteiger partial charge in [-0.25, -0.2) is 0 Å². The zero-order chi connectivity index (χ0) is 13.8. The van der Waals surface area contributed by atoms with Crippen molar-refractivity contribution in [1.29, 1.82) is 0 Å². The molecule has 0 radical (unpaired) electrons. The van der Waals surface area contributed by atoms with Crippen LogP contribution in [0.5, 0.6) is 5.75 Å². The predicted molar refractivity (Wildman–Crippen MR) is 75.7 cm³/mol. The number of benzene rings is 1. The van der Waals surface area contributed by atoms with E-state index >= 15 is 0 Å². The van der Waals surface area contributed by atoms with Gasteiger partial charge < -0.3 is 15.3 Å². The van der Waals surface area contributed by atoms with Gasteiger partial charge in [0.25, 0.3) is 5.91 Å². The molecule has 104 valence electrons. The lowest BCUT2D eigenvalue weighted by atomic mass is 9.97. The van der Waals surface area contributed by atoms with Crippen molar-refractivity contribution >= 4 is 17.5 Å². The summed E-state index contributed by atoms with van der Waals surface area (Å²) < 4.78 is 0. The van der Waals surface area contributed by atoms with E-state index in [1.165, 1.54) is 12.1 Å². The van der Waals surface area contributed by atoms with Gasteiger partial charge in [-0.2, -0.15) is 0 Å². The lowest BCUT2D eigenvalue weighted by molar-refractivity contribution is 0.0760. The maximum Gasteiger partial charge on any atom is 0.257 e. The van der Waals surface area contributed by atoms with Crippen molar-refractivity contribution in [2.75, 3.05) is 26.7 Å². The second-order valence-corrected chi connectivity index (χ2v) is 5.48. The van der Waals surface area contributed by atoms with E-state index in [1.807, 2.05) is 0 Å². The molecule has 0 unspecified atom stereocenters. The normalized spacial score (nSPS) is 16.3. The first-order valence-electron chi connectivity index (χ1n) is 6.52. The Balaban J connectivity index is 2.03. The number of piperidine rings is 1. The highest BCUT2D eigenvalue weighted by Crippen LogP contribution is 2.23. The third-order valence-electron chi connectivity index (χ3n) is 3.53. The van der Waals surface area contributed by atoms with E-state index in [0.29, 0.717) is 17.5 Å². The number of phenols is 1. The Kier molecular flexibility index (Phi) is 4.66. The minimum atomic E-state index is -0.182. The van der Waals surface area contributed by atoms with E-state index in [-0.39, 0.29) is 17.2 Å². The van der Waals surface area contributed by atoms with Crippen LogP contribution in [0.25, 0.3) is 0 Å². The fourth-order valence-electron chi connectivity index (χ4n) is 2.42. The number of amides is 1. The molecule has 1 amide bonds. The maximum absolute atomic E-state index is 12.3. The minimum absolute atomic E-state index is 0.0217. The Morgan fingerprint density at radius 2 is 2.16 bits per heavy atom. The van der Waals surface area contributed by atoms with E-state index in [4.69, 9.17) is 11.6 Å². The standard InChI is InChI=1S/C14H19ClN2O2/c1-17(9-10-4-6-16-7-5-10)14(19)12-8-11(15)2-3-13(12)18/h2-3,8,10,16,18H,4-7,9H2,1H3. The van der Waals surface area contributed by atoms with E-state index < -0.39 is 0 Å². The van der Waals surface area contributed by atoms with Crippen LogP contribution in [0.1, 0.15) is 23.2 Å². The Morgan fingerprint density at radius 1 is 1.47 bits per heavy atom. The zero-order valence-electron chi connectivity index (χ0n) is 11.0. The van der Waals surface area contributed by atoms with E-state index in [1.54, 1.807) is 18.0 Å². The van der Waals surface area contributed by atoms with Gasteiger partial charge in [-0.1, -0.05) is 11.6 Å². The maximum atomic E-state index is 12.3. The molecule has 0 bridgehead atoms. The molecule has 1 aromatic rings. The van der Waals surface area contributed by atoms with Crippen molar-refractivity contribution in [2.45, 2.75) is 12.8 Å². The van der Waals surface area contributed by atoms with Gasteiger partial charge in [-0.15, -0.1) is 0 Å². The van der Waals surface area contributed by atoms with Crippen LogP contribution in [0.4, 0.5) is 0 Å². The number of halogens is 1. The van der Waals surface area contributed by atoms with Gasteiger partial charge in [0.05, 0.1) is 5.56 Å². The first kappa shape index (κ1) is 14.2. The average molecular weight is 283 g/mol. The van der Waals surface area contributed by atoms with E-state index in [2.05, 4.69) is 5.32 Å². The predicted octanol–water partition coefficient (Wildman–Crippen LogP) is 2.12. The van der Waals surface area contributed by atoms with E-state index in [9.17, 15) is 9.90 Å². The van der Waals surface area contributed by atoms with Gasteiger partial charge in [-0.3, -0.25) is 4.79 Å². The number of nitrogens with one attached hydrogen (secondary N) is 1. The Bertz CT molecular complexity index is 459. The van der Waals surface area contributed by atoms with Gasteiger partial charge in [0.15, 0.2) is 0 Å². The molecular weight excluding hydrogens is 264 g/mol. The van der Waals surface area contributed by atoms with Crippen molar-refractivity contribution in [3.63, 3.8) is 0 Å². The van der Waals surface area contributed by atoms with Crippen LogP contribution in [0.15, 0.2) is 18.2 Å². The monoisotopic (exact) mass is 282 g/mol. The Labute approximate surface area is 118 Å². The molecule has 4 nitrogen and oxygen atoms in total. The number of phenolic OH excluding ortho intramolecular Hbond substituents is 1. The Morgan fingerprint density at radius 3 is 2.84 bits per heavy atom. The largest absolute Gasteiger partial charge is 0.507 e. The van der Waals surface area contributed by atoms with Gasteiger partial charge in [0.1, 0.15) is 5.75 Å². The number of rotatable bonds is 3. The number of hydrogen-bond donors (Lipinski definition) is 2. The summed E-state index contributed by atoms with van der Waals surface area (Å²) in [6.07, 6.45) is 2.16. The molecular formula is C14H19ClN2O2. The molecule has 0 atom stereocenters. The molecule has 2 rings (SSSR count). The molecule has 0 aliphatic carbocycles. The third-order valence-corrected chi connectivity index (χ3v) is 3.76. The molecule has 19 heavy (non-hydrogen) atoms. The molecule has 2 N–H and O–H groups in total. The van der Waals surface area contributed by atoms with Crippen LogP contribution in [0, 0.1) is 5.92 Å². The number of nitrogens with zero attached hydrogens (tertiary/aromatic N) is 1. The molecule has 0 spiro atoms. The average Bonchev–Trinajstić information content (AvgIpc) is 2.42. The van der Waals surface area contributed by atoms with Crippen molar-refractivity contribution in [3.8, 4) is 5.75 Å². The molecule has 1 fully saturated rings. The molecule has 1 aliphatic rings. The highest BCUT2D eigenvalue weighted by Gasteiger charge is 2.21. The van der Waals surface area contributed by atoms with Crippen LogP contribution < -0.4 is 5.32 Å². The lowest BCUT2D eigenvalue weighted by Crippen LogP contribution is -2.37. The summed E-state index contributed by atoms with van der Waals surface area (Å²) in [7, 11) is 1.77. The summed E-state index contributed by atoms with van der Waals surface area (Å²) in [4.78, 5) is 14.0. The molecule has 0 saturated carbocycles. The molecule has 1 aliphatic heterocycles. The SMILES string of the molecule is CN(CC1CCNCC1)C(=O)c1cc(Cl)ccc1O. The number of carbonyl (C=O) groups excluding carboxylic acids is 1. The number of carbonyl (C=O) groups is 1. The van der Waals surface area contributed by atoms with Gasteiger partial charge >= 0.3 is 0 Å². The number of hydrogen-bond acceptors (Lipinski definition) is 3. The fraction of sp³-hybridized carbons (Fsp3) is 0.500. The summed E-state index contributed by atoms with van der Waals surface area (Å²) in [5.74, 6) is 0.321. The third kappa shape index (κ3) is 3.61. The smallest absolute Gasteiger partial charge is 0.257 e. The van der Waals surface area contributed by atoms with Gasteiger partial charge in [-0.05, 0) is 50.0 Å². The van der Waals surface area contributed by atoms with Gasteiger partial charge in [0, 0.05) is 18.6 Å².